The fraction of sp³-hybridized carbons (Fsp3) is 0.750. The molecule has 1 aliphatic heterocycles. The normalized spacial score (nSPS) is 27.0. The van der Waals surface area contributed by atoms with Gasteiger partial charge in [-0.3, -0.25) is 9.59 Å². The standard InChI is InChI=1S/C8H12ClIN2O2/c9-3-1-5-7(13)12-6(2-4-10)8(14)11-5/h5-6H,1-4H2,(H,11,14)(H,12,13). The van der Waals surface area contributed by atoms with E-state index in [-0.39, 0.29) is 17.9 Å². The van der Waals surface area contributed by atoms with Crippen molar-refractivity contribution in [3.05, 3.63) is 0 Å². The van der Waals surface area contributed by atoms with Crippen molar-refractivity contribution >= 4 is 46.0 Å². The first kappa shape index (κ1) is 12.0. The highest BCUT2D eigenvalue weighted by molar-refractivity contribution is 14.1. The molecule has 1 heterocycles. The van der Waals surface area contributed by atoms with Crippen molar-refractivity contribution in [2.75, 3.05) is 10.3 Å². The lowest BCUT2D eigenvalue weighted by Crippen LogP contribution is -2.61. The molecule has 0 aromatic carbocycles. The van der Waals surface area contributed by atoms with E-state index in [1.165, 1.54) is 0 Å². The molecule has 0 aliphatic carbocycles. The fourth-order valence-corrected chi connectivity index (χ4v) is 2.14. The molecule has 80 valence electrons. The second kappa shape index (κ2) is 5.75. The Bertz CT molecular complexity index is 213. The van der Waals surface area contributed by atoms with Crippen molar-refractivity contribution in [1.29, 1.82) is 0 Å². The van der Waals surface area contributed by atoms with E-state index in [4.69, 9.17) is 11.6 Å². The summed E-state index contributed by atoms with van der Waals surface area (Å²) in [7, 11) is 0. The third-order valence-electron chi connectivity index (χ3n) is 2.06. The van der Waals surface area contributed by atoms with Gasteiger partial charge in [-0.05, 0) is 12.8 Å². The van der Waals surface area contributed by atoms with Gasteiger partial charge in [0.15, 0.2) is 0 Å². The van der Waals surface area contributed by atoms with Crippen LogP contribution in [-0.2, 0) is 9.59 Å². The number of carbonyl (C=O) groups is 2. The van der Waals surface area contributed by atoms with Gasteiger partial charge in [0.05, 0.1) is 0 Å². The first-order valence-corrected chi connectivity index (χ1v) is 6.47. The van der Waals surface area contributed by atoms with Crippen molar-refractivity contribution in [2.45, 2.75) is 24.9 Å². The maximum absolute atomic E-state index is 11.4. The lowest BCUT2D eigenvalue weighted by molar-refractivity contribution is -0.136. The molecule has 2 N–H and O–H groups in total. The molecule has 1 saturated heterocycles. The summed E-state index contributed by atoms with van der Waals surface area (Å²) in [6.07, 6.45) is 1.15. The van der Waals surface area contributed by atoms with Gasteiger partial charge in [-0.2, -0.15) is 0 Å². The second-order valence-corrected chi connectivity index (χ2v) is 4.53. The Hall–Kier alpha value is -0.0400. The number of hydrogen-bond acceptors (Lipinski definition) is 2. The highest BCUT2D eigenvalue weighted by atomic mass is 127. The molecular formula is C8H12ClIN2O2. The van der Waals surface area contributed by atoms with Crippen molar-refractivity contribution in [2.24, 2.45) is 0 Å². The zero-order chi connectivity index (χ0) is 10.6. The molecule has 2 amide bonds. The lowest BCUT2D eigenvalue weighted by Gasteiger charge is -2.28. The Kier molecular flexibility index (Phi) is 4.94. The maximum atomic E-state index is 11.4. The topological polar surface area (TPSA) is 58.2 Å². The van der Waals surface area contributed by atoms with E-state index in [0.29, 0.717) is 18.7 Å². The number of hydrogen-bond donors (Lipinski definition) is 2. The number of rotatable bonds is 4. The van der Waals surface area contributed by atoms with E-state index in [1.807, 2.05) is 0 Å². The van der Waals surface area contributed by atoms with Crippen molar-refractivity contribution < 1.29 is 9.59 Å². The average molecular weight is 331 g/mol. The van der Waals surface area contributed by atoms with Gasteiger partial charge in [0.25, 0.3) is 0 Å². The largest absolute Gasteiger partial charge is 0.342 e. The molecule has 6 heteroatoms. The molecule has 14 heavy (non-hydrogen) atoms. The summed E-state index contributed by atoms with van der Waals surface area (Å²) >= 11 is 7.69. The molecular weight excluding hydrogens is 318 g/mol. The fourth-order valence-electron chi connectivity index (χ4n) is 1.30. The van der Waals surface area contributed by atoms with Gasteiger partial charge in [-0.25, -0.2) is 0 Å². The first-order chi connectivity index (χ1) is 6.69. The Morgan fingerprint density at radius 3 is 2.07 bits per heavy atom. The van der Waals surface area contributed by atoms with Crippen LogP contribution in [0.4, 0.5) is 0 Å². The number of nitrogens with one attached hydrogen (secondary N) is 2. The highest BCUT2D eigenvalue weighted by Gasteiger charge is 2.32. The number of alkyl halides is 2. The van der Waals surface area contributed by atoms with E-state index in [0.717, 1.165) is 4.43 Å². The van der Waals surface area contributed by atoms with Crippen LogP contribution in [-0.4, -0.2) is 34.2 Å². The van der Waals surface area contributed by atoms with Crippen LogP contribution in [0.2, 0.25) is 0 Å². The summed E-state index contributed by atoms with van der Waals surface area (Å²) in [5.41, 5.74) is 0. The predicted octanol–water partition coefficient (Wildman–Crippen LogP) is 0.424. The van der Waals surface area contributed by atoms with Crippen LogP contribution < -0.4 is 10.6 Å². The Labute approximate surface area is 101 Å². The van der Waals surface area contributed by atoms with Crippen LogP contribution in [0.5, 0.6) is 0 Å². The summed E-state index contributed by atoms with van der Waals surface area (Å²) < 4.78 is 0.844. The minimum absolute atomic E-state index is 0.101. The number of halogens is 2. The molecule has 2 unspecified atom stereocenters. The van der Waals surface area contributed by atoms with Gasteiger partial charge in [0, 0.05) is 10.3 Å². The molecule has 0 aromatic rings. The summed E-state index contributed by atoms with van der Waals surface area (Å²) in [4.78, 5) is 22.9. The molecule has 0 spiro atoms. The SMILES string of the molecule is O=C1NC(CCI)C(=O)NC1CCCl. The number of carbonyl (C=O) groups excluding carboxylic acids is 2. The molecule has 1 fully saturated rings. The van der Waals surface area contributed by atoms with Crippen molar-refractivity contribution in [3.8, 4) is 0 Å². The first-order valence-electron chi connectivity index (χ1n) is 4.41. The minimum Gasteiger partial charge on any atom is -0.342 e. The highest BCUT2D eigenvalue weighted by Crippen LogP contribution is 2.06. The second-order valence-electron chi connectivity index (χ2n) is 3.08. The lowest BCUT2D eigenvalue weighted by atomic mass is 10.1. The van der Waals surface area contributed by atoms with E-state index in [1.54, 1.807) is 0 Å². The van der Waals surface area contributed by atoms with E-state index >= 15 is 0 Å². The van der Waals surface area contributed by atoms with Crippen LogP contribution >= 0.6 is 34.2 Å². The van der Waals surface area contributed by atoms with Gasteiger partial charge >= 0.3 is 0 Å². The number of amides is 2. The summed E-state index contributed by atoms with van der Waals surface area (Å²) in [5.74, 6) is 0.145. The summed E-state index contributed by atoms with van der Waals surface area (Å²) in [6.45, 7) is 0. The van der Waals surface area contributed by atoms with Gasteiger partial charge in [0.1, 0.15) is 12.1 Å². The minimum atomic E-state index is -0.453. The van der Waals surface area contributed by atoms with Crippen LogP contribution in [0.1, 0.15) is 12.8 Å². The van der Waals surface area contributed by atoms with E-state index in [2.05, 4.69) is 33.2 Å². The monoisotopic (exact) mass is 330 g/mol. The molecule has 0 saturated carbocycles. The van der Waals surface area contributed by atoms with Gasteiger partial charge in [0.2, 0.25) is 11.8 Å². The summed E-state index contributed by atoms with van der Waals surface area (Å²) in [5, 5.41) is 5.35. The predicted molar refractivity (Wildman–Crippen MR) is 62.7 cm³/mol. The van der Waals surface area contributed by atoms with Crippen LogP contribution in [0.15, 0.2) is 0 Å². The van der Waals surface area contributed by atoms with Gasteiger partial charge in [-0.1, -0.05) is 22.6 Å². The van der Waals surface area contributed by atoms with Crippen molar-refractivity contribution in [3.63, 3.8) is 0 Å². The van der Waals surface area contributed by atoms with E-state index in [9.17, 15) is 9.59 Å². The Balaban J connectivity index is 2.53. The molecule has 4 nitrogen and oxygen atoms in total. The van der Waals surface area contributed by atoms with Crippen LogP contribution in [0, 0.1) is 0 Å². The molecule has 1 rings (SSSR count). The van der Waals surface area contributed by atoms with E-state index < -0.39 is 6.04 Å². The van der Waals surface area contributed by atoms with Crippen molar-refractivity contribution in [1.82, 2.24) is 10.6 Å². The quantitative estimate of drug-likeness (QED) is 0.580. The van der Waals surface area contributed by atoms with Crippen LogP contribution in [0.3, 0.4) is 0 Å². The van der Waals surface area contributed by atoms with Gasteiger partial charge < -0.3 is 10.6 Å². The zero-order valence-corrected chi connectivity index (χ0v) is 10.5. The third-order valence-corrected chi connectivity index (χ3v) is 2.90. The zero-order valence-electron chi connectivity index (χ0n) is 7.56. The maximum Gasteiger partial charge on any atom is 0.243 e. The smallest absolute Gasteiger partial charge is 0.243 e. The molecule has 0 aromatic heterocycles. The van der Waals surface area contributed by atoms with Crippen LogP contribution in [0.25, 0.3) is 0 Å². The summed E-state index contributed by atoms with van der Waals surface area (Å²) in [6, 6.07) is -0.823. The van der Waals surface area contributed by atoms with Gasteiger partial charge in [-0.15, -0.1) is 11.6 Å². The molecule has 2 atom stereocenters. The third kappa shape index (κ3) is 2.98. The number of piperazine rings is 1. The average Bonchev–Trinajstić information content (AvgIpc) is 2.14. The Morgan fingerprint density at radius 2 is 1.64 bits per heavy atom. The molecule has 1 aliphatic rings. The molecule has 0 bridgehead atoms. The Morgan fingerprint density at radius 1 is 1.14 bits per heavy atom. The molecule has 0 radical (unpaired) electrons.